The van der Waals surface area contributed by atoms with Gasteiger partial charge in [0.2, 0.25) is 0 Å². The Morgan fingerprint density at radius 1 is 1.43 bits per heavy atom. The molecule has 0 unspecified atom stereocenters. The molecule has 0 aromatic carbocycles. The van der Waals surface area contributed by atoms with Crippen molar-refractivity contribution >= 4 is 23.4 Å². The van der Waals surface area contributed by atoms with Gasteiger partial charge in [-0.1, -0.05) is 18.3 Å². The molecule has 0 bridgehead atoms. The lowest BCUT2D eigenvalue weighted by Gasteiger charge is -2.31. The van der Waals surface area contributed by atoms with Crippen LogP contribution < -0.4 is 0 Å². The van der Waals surface area contributed by atoms with Gasteiger partial charge in [0.05, 0.1) is 11.8 Å². The van der Waals surface area contributed by atoms with Gasteiger partial charge in [-0.25, -0.2) is 4.79 Å². The molecule has 1 aliphatic rings. The Bertz CT molecular complexity index is 509. The average molecular weight is 313 g/mol. The third-order valence-corrected chi connectivity index (χ3v) is 4.16. The van der Waals surface area contributed by atoms with Gasteiger partial charge in [-0.15, -0.1) is 5.10 Å². The summed E-state index contributed by atoms with van der Waals surface area (Å²) in [6, 6.07) is 0. The fourth-order valence-electron chi connectivity index (χ4n) is 2.28. The third kappa shape index (κ3) is 3.98. The van der Waals surface area contributed by atoms with Gasteiger partial charge in [-0.2, -0.15) is 0 Å². The number of carbonyl (C=O) groups is 2. The smallest absolute Gasteiger partial charge is 0.329 e. The zero-order chi connectivity index (χ0) is 15.4. The minimum absolute atomic E-state index is 0.0367. The summed E-state index contributed by atoms with van der Waals surface area (Å²) in [5, 5.41) is 12.6. The largest absolute Gasteiger partial charge is 0.480 e. The molecule has 1 N–H and O–H groups in total. The molecular formula is C13H19N3O4S. The van der Waals surface area contributed by atoms with E-state index in [1.807, 2.05) is 13.8 Å². The van der Waals surface area contributed by atoms with E-state index in [1.165, 1.54) is 0 Å². The number of carboxylic acids is 1. The van der Waals surface area contributed by atoms with E-state index in [-0.39, 0.29) is 24.5 Å². The van der Waals surface area contributed by atoms with Crippen molar-refractivity contribution in [3.8, 4) is 0 Å². The molecule has 1 saturated heterocycles. The van der Waals surface area contributed by atoms with Crippen LogP contribution in [0.2, 0.25) is 0 Å². The van der Waals surface area contributed by atoms with Gasteiger partial charge in [0, 0.05) is 13.1 Å². The summed E-state index contributed by atoms with van der Waals surface area (Å²) in [6.07, 6.45) is 1.22. The van der Waals surface area contributed by atoms with E-state index in [4.69, 9.17) is 9.84 Å². The lowest BCUT2D eigenvalue weighted by molar-refractivity contribution is -0.145. The Balaban J connectivity index is 1.91. The van der Waals surface area contributed by atoms with Crippen molar-refractivity contribution in [2.45, 2.75) is 38.7 Å². The number of hydrogen-bond donors (Lipinski definition) is 1. The van der Waals surface area contributed by atoms with E-state index in [1.54, 1.807) is 4.90 Å². The highest BCUT2D eigenvalue weighted by molar-refractivity contribution is 7.08. The Morgan fingerprint density at radius 2 is 2.10 bits per heavy atom. The number of ether oxygens (including phenoxy) is 1. The molecular weight excluding hydrogens is 294 g/mol. The zero-order valence-corrected chi connectivity index (χ0v) is 12.9. The molecule has 2 rings (SSSR count). The third-order valence-electron chi connectivity index (χ3n) is 3.43. The number of carboxylic acid groups (broad SMARTS) is 1. The van der Waals surface area contributed by atoms with Crippen LogP contribution in [0.15, 0.2) is 0 Å². The summed E-state index contributed by atoms with van der Waals surface area (Å²) >= 11 is 1.13. The first-order chi connectivity index (χ1) is 9.99. The first-order valence-corrected chi connectivity index (χ1v) is 7.71. The quantitative estimate of drug-likeness (QED) is 0.882. The first kappa shape index (κ1) is 15.8. The highest BCUT2D eigenvalue weighted by Crippen LogP contribution is 2.23. The number of carbonyl (C=O) groups excluding carboxylic acids is 1. The summed E-state index contributed by atoms with van der Waals surface area (Å²) in [5.41, 5.74) is 0.745. The van der Waals surface area contributed by atoms with Gasteiger partial charge < -0.3 is 14.7 Å². The topological polar surface area (TPSA) is 92.6 Å². The van der Waals surface area contributed by atoms with Crippen LogP contribution in [-0.2, 0) is 9.53 Å². The van der Waals surface area contributed by atoms with Crippen LogP contribution in [0.1, 0.15) is 48.0 Å². The van der Waals surface area contributed by atoms with Crippen LogP contribution >= 0.6 is 11.5 Å². The van der Waals surface area contributed by atoms with Gasteiger partial charge in [-0.3, -0.25) is 4.79 Å². The molecule has 8 heteroatoms. The van der Waals surface area contributed by atoms with E-state index in [2.05, 4.69) is 9.59 Å². The maximum atomic E-state index is 12.5. The number of nitrogens with zero attached hydrogens (tertiary/aromatic N) is 3. The fraction of sp³-hybridized carbons (Fsp3) is 0.692. The van der Waals surface area contributed by atoms with Crippen LogP contribution in [0.4, 0.5) is 0 Å². The molecule has 1 amide bonds. The van der Waals surface area contributed by atoms with E-state index in [9.17, 15) is 9.59 Å². The number of amides is 1. The number of aromatic nitrogens is 2. The standard InChI is InChI=1S/C13H19N3O4S/c1-8(2)11-12(21-15-14-11)13(19)16-5-3-9(4-6-16)20-7-10(17)18/h8-9H,3-7H2,1-2H3,(H,17,18). The second-order valence-electron chi connectivity index (χ2n) is 5.34. The zero-order valence-electron chi connectivity index (χ0n) is 12.1. The van der Waals surface area contributed by atoms with Crippen molar-refractivity contribution < 1.29 is 19.4 Å². The summed E-state index contributed by atoms with van der Waals surface area (Å²) < 4.78 is 9.14. The van der Waals surface area contributed by atoms with E-state index < -0.39 is 5.97 Å². The molecule has 0 radical (unpaired) electrons. The van der Waals surface area contributed by atoms with Gasteiger partial charge in [0.25, 0.3) is 5.91 Å². The van der Waals surface area contributed by atoms with Crippen LogP contribution in [0.25, 0.3) is 0 Å². The monoisotopic (exact) mass is 313 g/mol. The second kappa shape index (κ2) is 6.95. The number of hydrogen-bond acceptors (Lipinski definition) is 6. The fourth-order valence-corrected chi connectivity index (χ4v) is 3.07. The average Bonchev–Trinajstić information content (AvgIpc) is 2.94. The lowest BCUT2D eigenvalue weighted by atomic mass is 10.1. The summed E-state index contributed by atoms with van der Waals surface area (Å²) in [4.78, 5) is 25.3. The maximum Gasteiger partial charge on any atom is 0.329 e. The Morgan fingerprint density at radius 3 is 2.67 bits per heavy atom. The minimum atomic E-state index is -0.967. The molecule has 2 heterocycles. The SMILES string of the molecule is CC(C)c1nnsc1C(=O)N1CCC(OCC(=O)O)CC1. The highest BCUT2D eigenvalue weighted by atomic mass is 32.1. The second-order valence-corrected chi connectivity index (χ2v) is 6.09. The molecule has 21 heavy (non-hydrogen) atoms. The summed E-state index contributed by atoms with van der Waals surface area (Å²) in [6.45, 7) is 4.82. The summed E-state index contributed by atoms with van der Waals surface area (Å²) in [7, 11) is 0. The van der Waals surface area contributed by atoms with Crippen molar-refractivity contribution in [1.29, 1.82) is 0 Å². The molecule has 1 fully saturated rings. The van der Waals surface area contributed by atoms with Crippen LogP contribution in [0.3, 0.4) is 0 Å². The van der Waals surface area contributed by atoms with E-state index in [0.29, 0.717) is 30.8 Å². The predicted molar refractivity (Wildman–Crippen MR) is 76.5 cm³/mol. The molecule has 7 nitrogen and oxygen atoms in total. The van der Waals surface area contributed by atoms with Gasteiger partial charge in [0.15, 0.2) is 0 Å². The van der Waals surface area contributed by atoms with Gasteiger partial charge in [0.1, 0.15) is 11.5 Å². The Hall–Kier alpha value is -1.54. The van der Waals surface area contributed by atoms with Crippen molar-refractivity contribution in [1.82, 2.24) is 14.5 Å². The lowest BCUT2D eigenvalue weighted by Crippen LogP contribution is -2.41. The maximum absolute atomic E-state index is 12.5. The van der Waals surface area contributed by atoms with Crippen molar-refractivity contribution in [3.05, 3.63) is 10.6 Å². The summed E-state index contributed by atoms with van der Waals surface area (Å²) in [5.74, 6) is -0.838. The molecule has 116 valence electrons. The number of likely N-dealkylation sites (tertiary alicyclic amines) is 1. The minimum Gasteiger partial charge on any atom is -0.480 e. The van der Waals surface area contributed by atoms with Crippen LogP contribution in [0.5, 0.6) is 0 Å². The highest BCUT2D eigenvalue weighted by Gasteiger charge is 2.28. The number of aliphatic carboxylic acids is 1. The van der Waals surface area contributed by atoms with Gasteiger partial charge in [-0.05, 0) is 30.3 Å². The van der Waals surface area contributed by atoms with E-state index in [0.717, 1.165) is 17.2 Å². The van der Waals surface area contributed by atoms with Gasteiger partial charge >= 0.3 is 5.97 Å². The van der Waals surface area contributed by atoms with Crippen molar-refractivity contribution in [3.63, 3.8) is 0 Å². The molecule has 0 spiro atoms. The van der Waals surface area contributed by atoms with Crippen molar-refractivity contribution in [2.75, 3.05) is 19.7 Å². The molecule has 1 aliphatic heterocycles. The Kier molecular flexibility index (Phi) is 5.24. The predicted octanol–water partition coefficient (Wildman–Crippen LogP) is 1.37. The van der Waals surface area contributed by atoms with Crippen LogP contribution in [-0.4, -0.2) is 57.3 Å². The Labute approximate surface area is 127 Å². The molecule has 1 aromatic heterocycles. The van der Waals surface area contributed by atoms with Crippen LogP contribution in [0, 0.1) is 0 Å². The molecule has 1 aromatic rings. The molecule has 0 saturated carbocycles. The molecule has 0 aliphatic carbocycles. The normalized spacial score (nSPS) is 16.4. The number of piperidine rings is 1. The first-order valence-electron chi connectivity index (χ1n) is 6.94. The van der Waals surface area contributed by atoms with Crippen molar-refractivity contribution in [2.24, 2.45) is 0 Å². The molecule has 0 atom stereocenters. The number of rotatable bonds is 5. The van der Waals surface area contributed by atoms with E-state index >= 15 is 0 Å².